The first kappa shape index (κ1) is 16.6. The number of carbonyl (C=O) groups is 1. The quantitative estimate of drug-likeness (QED) is 0.900. The molecule has 0 radical (unpaired) electrons. The van der Waals surface area contributed by atoms with Crippen molar-refractivity contribution in [1.82, 2.24) is 15.2 Å². The number of hydrogen-bond acceptors (Lipinski definition) is 5. The van der Waals surface area contributed by atoms with E-state index in [1.807, 2.05) is 12.1 Å². The van der Waals surface area contributed by atoms with Crippen LogP contribution in [-0.4, -0.2) is 41.5 Å². The molecule has 1 N–H and O–H groups in total. The van der Waals surface area contributed by atoms with Crippen molar-refractivity contribution in [2.45, 2.75) is 25.6 Å². The number of likely N-dealkylation sites (tertiary alicyclic amines) is 1. The summed E-state index contributed by atoms with van der Waals surface area (Å²) in [6.45, 7) is 5.19. The van der Waals surface area contributed by atoms with Crippen LogP contribution in [0.25, 0.3) is 0 Å². The zero-order valence-electron chi connectivity index (χ0n) is 15.3. The van der Waals surface area contributed by atoms with Gasteiger partial charge in [-0.05, 0) is 35.1 Å². The van der Waals surface area contributed by atoms with E-state index in [1.165, 1.54) is 5.56 Å². The summed E-state index contributed by atoms with van der Waals surface area (Å²) < 4.78 is 11.7. The van der Waals surface area contributed by atoms with Crippen LogP contribution in [0.15, 0.2) is 42.6 Å². The lowest BCUT2D eigenvalue weighted by molar-refractivity contribution is -0.119. The molecule has 6 nitrogen and oxygen atoms in total. The van der Waals surface area contributed by atoms with Crippen molar-refractivity contribution < 1.29 is 14.3 Å². The number of benzene rings is 1. The van der Waals surface area contributed by atoms with E-state index in [-0.39, 0.29) is 12.0 Å². The molecular formula is C21H23N3O3. The van der Waals surface area contributed by atoms with E-state index in [1.54, 1.807) is 13.1 Å². The number of nitrogens with zero attached hydrogens (tertiary/aromatic N) is 2. The third-order valence-electron chi connectivity index (χ3n) is 5.78. The maximum absolute atomic E-state index is 11.2. The van der Waals surface area contributed by atoms with Crippen LogP contribution in [0.2, 0.25) is 0 Å². The molecule has 1 aromatic carbocycles. The summed E-state index contributed by atoms with van der Waals surface area (Å²) in [5.41, 5.74) is 2.40. The van der Waals surface area contributed by atoms with E-state index in [0.717, 1.165) is 25.2 Å². The third kappa shape index (κ3) is 3.25. The number of ether oxygens (including phenoxy) is 2. The molecule has 0 bridgehead atoms. The maximum Gasteiger partial charge on any atom is 0.257 e. The molecule has 27 heavy (non-hydrogen) atoms. The standard InChI is InChI=1S/C21H23N3O3/c1-13(25)23-20-16-10-24(11-17(16)20)9-14-4-6-15(7-5-14)19-12-26-18-3-2-8-22-21(18)27-19/h2-8,16-17,19-20H,9-12H2,1H3,(H,23,25). The average Bonchev–Trinajstić information content (AvgIpc) is 3.11. The van der Waals surface area contributed by atoms with Crippen LogP contribution in [0, 0.1) is 11.8 Å². The fourth-order valence-electron chi connectivity index (χ4n) is 4.36. The summed E-state index contributed by atoms with van der Waals surface area (Å²) in [6.07, 6.45) is 1.59. The van der Waals surface area contributed by atoms with Crippen LogP contribution >= 0.6 is 0 Å². The lowest BCUT2D eigenvalue weighted by Crippen LogP contribution is -2.33. The third-order valence-corrected chi connectivity index (χ3v) is 5.78. The van der Waals surface area contributed by atoms with Gasteiger partial charge in [-0.15, -0.1) is 0 Å². The van der Waals surface area contributed by atoms with Crippen LogP contribution < -0.4 is 14.8 Å². The summed E-state index contributed by atoms with van der Waals surface area (Å²) in [7, 11) is 0. The van der Waals surface area contributed by atoms with Crippen molar-refractivity contribution in [3.63, 3.8) is 0 Å². The largest absolute Gasteiger partial charge is 0.484 e. The van der Waals surface area contributed by atoms with Gasteiger partial charge in [-0.2, -0.15) is 0 Å². The first-order valence-electron chi connectivity index (χ1n) is 9.50. The molecule has 3 aliphatic rings. The highest BCUT2D eigenvalue weighted by molar-refractivity contribution is 5.73. The van der Waals surface area contributed by atoms with Crippen LogP contribution in [0.3, 0.4) is 0 Å². The number of hydrogen-bond donors (Lipinski definition) is 1. The Morgan fingerprint density at radius 2 is 2.00 bits per heavy atom. The smallest absolute Gasteiger partial charge is 0.257 e. The van der Waals surface area contributed by atoms with Crippen molar-refractivity contribution in [3.05, 3.63) is 53.7 Å². The van der Waals surface area contributed by atoms with Crippen LogP contribution in [-0.2, 0) is 11.3 Å². The van der Waals surface area contributed by atoms with Gasteiger partial charge in [0.25, 0.3) is 5.88 Å². The number of aromatic nitrogens is 1. The van der Waals surface area contributed by atoms with E-state index >= 15 is 0 Å². The van der Waals surface area contributed by atoms with Crippen LogP contribution in [0.4, 0.5) is 0 Å². The zero-order valence-corrected chi connectivity index (χ0v) is 15.3. The summed E-state index contributed by atoms with van der Waals surface area (Å²) in [6, 6.07) is 12.7. The number of amides is 1. The summed E-state index contributed by atoms with van der Waals surface area (Å²) in [5, 5.41) is 3.06. The molecule has 140 valence electrons. The molecule has 1 amide bonds. The summed E-state index contributed by atoms with van der Waals surface area (Å²) >= 11 is 0. The highest BCUT2D eigenvalue weighted by atomic mass is 16.6. The predicted octanol–water partition coefficient (Wildman–Crippen LogP) is 2.16. The van der Waals surface area contributed by atoms with Crippen molar-refractivity contribution in [2.24, 2.45) is 11.8 Å². The number of piperidine rings is 1. The van der Waals surface area contributed by atoms with E-state index in [9.17, 15) is 4.79 Å². The first-order chi connectivity index (χ1) is 13.2. The predicted molar refractivity (Wildman–Crippen MR) is 99.4 cm³/mol. The second-order valence-corrected chi connectivity index (χ2v) is 7.71. The van der Waals surface area contributed by atoms with Gasteiger partial charge in [-0.1, -0.05) is 24.3 Å². The molecule has 2 fully saturated rings. The minimum atomic E-state index is -0.126. The Hall–Kier alpha value is -2.60. The van der Waals surface area contributed by atoms with E-state index in [2.05, 4.69) is 39.5 Å². The van der Waals surface area contributed by atoms with Gasteiger partial charge in [0.1, 0.15) is 6.61 Å². The molecule has 3 atom stereocenters. The van der Waals surface area contributed by atoms with Gasteiger partial charge >= 0.3 is 0 Å². The lowest BCUT2D eigenvalue weighted by atomic mass is 10.1. The molecular weight excluding hydrogens is 342 g/mol. The fourth-order valence-corrected chi connectivity index (χ4v) is 4.36. The number of carbonyl (C=O) groups excluding carboxylic acids is 1. The van der Waals surface area contributed by atoms with Crippen LogP contribution in [0.5, 0.6) is 11.6 Å². The van der Waals surface area contributed by atoms with Crippen molar-refractivity contribution in [1.29, 1.82) is 0 Å². The molecule has 1 aliphatic carbocycles. The van der Waals surface area contributed by atoms with E-state index in [0.29, 0.717) is 36.1 Å². The maximum atomic E-state index is 11.2. The van der Waals surface area contributed by atoms with Crippen molar-refractivity contribution >= 4 is 5.91 Å². The Labute approximate surface area is 158 Å². The summed E-state index contributed by atoms with van der Waals surface area (Å²) in [5.74, 6) is 2.61. The Morgan fingerprint density at radius 3 is 2.74 bits per heavy atom. The first-order valence-corrected chi connectivity index (χ1v) is 9.50. The van der Waals surface area contributed by atoms with Gasteiger partial charge in [0.05, 0.1) is 0 Å². The lowest BCUT2D eigenvalue weighted by Gasteiger charge is -2.26. The Bertz CT molecular complexity index is 842. The van der Waals surface area contributed by atoms with Gasteiger partial charge in [0, 0.05) is 38.8 Å². The second-order valence-electron chi connectivity index (χ2n) is 7.71. The molecule has 3 unspecified atom stereocenters. The van der Waals surface area contributed by atoms with E-state index in [4.69, 9.17) is 9.47 Å². The summed E-state index contributed by atoms with van der Waals surface area (Å²) in [4.78, 5) is 17.9. The normalized spacial score (nSPS) is 28.5. The Kier molecular flexibility index (Phi) is 4.01. The van der Waals surface area contributed by atoms with Gasteiger partial charge in [0.15, 0.2) is 11.9 Å². The molecule has 1 aromatic heterocycles. The number of fused-ring (bicyclic) bond motifs is 2. The minimum absolute atomic E-state index is 0.0864. The SMILES string of the molecule is CC(=O)NC1C2CN(Cc3ccc(C4COc5cccnc5O4)cc3)CC21. The average molecular weight is 365 g/mol. The van der Waals surface area contributed by atoms with Gasteiger partial charge in [-0.3, -0.25) is 9.69 Å². The van der Waals surface area contributed by atoms with Gasteiger partial charge in [0.2, 0.25) is 5.91 Å². The Balaban J connectivity index is 1.17. The fraction of sp³-hybridized carbons (Fsp3) is 0.429. The second kappa shape index (κ2) is 6.53. The topological polar surface area (TPSA) is 63.7 Å². The molecule has 2 aromatic rings. The van der Waals surface area contributed by atoms with Crippen molar-refractivity contribution in [3.8, 4) is 11.6 Å². The zero-order chi connectivity index (χ0) is 18.4. The molecule has 3 heterocycles. The number of rotatable bonds is 4. The molecule has 1 saturated carbocycles. The molecule has 5 rings (SSSR count). The van der Waals surface area contributed by atoms with E-state index < -0.39 is 0 Å². The number of nitrogens with one attached hydrogen (secondary N) is 1. The molecule has 2 aliphatic heterocycles. The van der Waals surface area contributed by atoms with Crippen molar-refractivity contribution in [2.75, 3.05) is 19.7 Å². The molecule has 0 spiro atoms. The minimum Gasteiger partial charge on any atom is -0.484 e. The Morgan fingerprint density at radius 1 is 1.22 bits per heavy atom. The van der Waals surface area contributed by atoms with Crippen LogP contribution in [0.1, 0.15) is 24.2 Å². The van der Waals surface area contributed by atoms with Gasteiger partial charge in [-0.25, -0.2) is 4.98 Å². The molecule has 1 saturated heterocycles. The monoisotopic (exact) mass is 365 g/mol. The number of pyridine rings is 1. The highest BCUT2D eigenvalue weighted by Crippen LogP contribution is 2.45. The molecule has 6 heteroatoms. The highest BCUT2D eigenvalue weighted by Gasteiger charge is 2.55. The van der Waals surface area contributed by atoms with Gasteiger partial charge < -0.3 is 14.8 Å².